The number of hydrogen-bond donors (Lipinski definition) is 1. The number of amides is 1. The normalized spacial score (nSPS) is 11.6. The molecular formula is C7H10N2O2. The van der Waals surface area contributed by atoms with Gasteiger partial charge in [-0.25, -0.2) is 0 Å². The number of nitriles is 1. The van der Waals surface area contributed by atoms with E-state index in [0.717, 1.165) is 0 Å². The Morgan fingerprint density at radius 2 is 2.18 bits per heavy atom. The Labute approximate surface area is 65.0 Å². The van der Waals surface area contributed by atoms with E-state index in [9.17, 15) is 9.59 Å². The molecule has 11 heavy (non-hydrogen) atoms. The third kappa shape index (κ3) is 4.09. The molecule has 0 fully saturated rings. The molecule has 4 heteroatoms. The second-order valence-corrected chi connectivity index (χ2v) is 2.32. The van der Waals surface area contributed by atoms with Crippen LogP contribution in [-0.2, 0) is 9.59 Å². The van der Waals surface area contributed by atoms with Crippen molar-refractivity contribution in [2.75, 3.05) is 0 Å². The van der Waals surface area contributed by atoms with E-state index in [1.165, 1.54) is 6.92 Å². The summed E-state index contributed by atoms with van der Waals surface area (Å²) in [5, 5.41) is 8.35. The molecule has 0 aliphatic carbocycles. The molecular weight excluding hydrogens is 144 g/mol. The molecule has 0 aromatic carbocycles. The second kappa shape index (κ2) is 4.45. The number of rotatable bonds is 4. The lowest BCUT2D eigenvalue weighted by Gasteiger charge is -2.00. The standard InChI is InChI=1S/C7H10N2O2/c1-5(10)2-3-6(4-8)7(9)11/h6H,2-3H2,1H3,(H2,9,11). The first-order valence-electron chi connectivity index (χ1n) is 3.26. The number of carbonyl (C=O) groups excluding carboxylic acids is 2. The smallest absolute Gasteiger partial charge is 0.234 e. The van der Waals surface area contributed by atoms with Crippen LogP contribution in [0.25, 0.3) is 0 Å². The van der Waals surface area contributed by atoms with Crippen molar-refractivity contribution < 1.29 is 9.59 Å². The fourth-order valence-corrected chi connectivity index (χ4v) is 0.618. The Morgan fingerprint density at radius 1 is 1.64 bits per heavy atom. The van der Waals surface area contributed by atoms with Crippen LogP contribution < -0.4 is 5.73 Å². The Kier molecular flexibility index (Phi) is 3.89. The maximum absolute atomic E-state index is 10.4. The molecule has 0 spiro atoms. The lowest BCUT2D eigenvalue weighted by molar-refractivity contribution is -0.120. The van der Waals surface area contributed by atoms with Gasteiger partial charge in [-0.1, -0.05) is 0 Å². The maximum atomic E-state index is 10.4. The number of nitrogens with zero attached hydrogens (tertiary/aromatic N) is 1. The van der Waals surface area contributed by atoms with Crippen LogP contribution in [0.3, 0.4) is 0 Å². The number of carbonyl (C=O) groups is 2. The van der Waals surface area contributed by atoms with Gasteiger partial charge in [-0.15, -0.1) is 0 Å². The highest BCUT2D eigenvalue weighted by Gasteiger charge is 2.13. The molecule has 4 nitrogen and oxygen atoms in total. The summed E-state index contributed by atoms with van der Waals surface area (Å²) in [4.78, 5) is 20.9. The van der Waals surface area contributed by atoms with E-state index in [2.05, 4.69) is 0 Å². The molecule has 0 bridgehead atoms. The first kappa shape index (κ1) is 9.63. The molecule has 0 heterocycles. The predicted molar refractivity (Wildman–Crippen MR) is 38.2 cm³/mol. The number of Topliss-reactive ketones (excluding diaryl/α,β-unsaturated/α-hetero) is 1. The van der Waals surface area contributed by atoms with Gasteiger partial charge in [-0.05, 0) is 13.3 Å². The number of hydrogen-bond acceptors (Lipinski definition) is 3. The third-order valence-corrected chi connectivity index (χ3v) is 1.28. The van der Waals surface area contributed by atoms with E-state index in [4.69, 9.17) is 11.0 Å². The summed E-state index contributed by atoms with van der Waals surface area (Å²) in [7, 11) is 0. The first-order chi connectivity index (χ1) is 5.07. The Balaban J connectivity index is 3.82. The monoisotopic (exact) mass is 154 g/mol. The largest absolute Gasteiger partial charge is 0.369 e. The minimum Gasteiger partial charge on any atom is -0.369 e. The van der Waals surface area contributed by atoms with Crippen molar-refractivity contribution in [2.45, 2.75) is 19.8 Å². The number of primary amides is 1. The molecule has 1 atom stereocenters. The van der Waals surface area contributed by atoms with E-state index in [0.29, 0.717) is 0 Å². The van der Waals surface area contributed by atoms with E-state index in [1.807, 2.05) is 0 Å². The quantitative estimate of drug-likeness (QED) is 0.617. The van der Waals surface area contributed by atoms with Gasteiger partial charge in [0.15, 0.2) is 0 Å². The fraction of sp³-hybridized carbons (Fsp3) is 0.571. The molecule has 0 aliphatic rings. The minimum absolute atomic E-state index is 0.0356. The van der Waals surface area contributed by atoms with Gasteiger partial charge < -0.3 is 10.5 Å². The molecule has 0 saturated heterocycles. The summed E-state index contributed by atoms with van der Waals surface area (Å²) in [6.07, 6.45) is 0.475. The number of nitrogens with two attached hydrogens (primary N) is 1. The van der Waals surface area contributed by atoms with Crippen LogP contribution in [0.4, 0.5) is 0 Å². The summed E-state index contributed by atoms with van der Waals surface area (Å²) in [5.74, 6) is -1.51. The summed E-state index contributed by atoms with van der Waals surface area (Å²) in [5.41, 5.74) is 4.86. The molecule has 2 N–H and O–H groups in total. The van der Waals surface area contributed by atoms with Gasteiger partial charge in [0.05, 0.1) is 6.07 Å². The van der Waals surface area contributed by atoms with Crippen molar-refractivity contribution in [3.8, 4) is 6.07 Å². The molecule has 60 valence electrons. The predicted octanol–water partition coefficient (Wildman–Crippen LogP) is -0.0193. The molecule has 0 radical (unpaired) electrons. The molecule has 1 unspecified atom stereocenters. The Hall–Kier alpha value is -1.37. The highest BCUT2D eigenvalue weighted by molar-refractivity contribution is 5.81. The average molecular weight is 154 g/mol. The molecule has 0 aromatic heterocycles. The number of ketones is 1. The second-order valence-electron chi connectivity index (χ2n) is 2.32. The van der Waals surface area contributed by atoms with Gasteiger partial charge in [0.1, 0.15) is 11.7 Å². The van der Waals surface area contributed by atoms with Crippen LogP contribution in [0.1, 0.15) is 19.8 Å². The average Bonchev–Trinajstić information content (AvgIpc) is 1.87. The fourth-order valence-electron chi connectivity index (χ4n) is 0.618. The van der Waals surface area contributed by atoms with Crippen LogP contribution in [0, 0.1) is 17.2 Å². The van der Waals surface area contributed by atoms with E-state index in [1.54, 1.807) is 6.07 Å². The van der Waals surface area contributed by atoms with Gasteiger partial charge in [0, 0.05) is 6.42 Å². The lowest BCUT2D eigenvalue weighted by atomic mass is 10.0. The molecule has 0 aromatic rings. The maximum Gasteiger partial charge on any atom is 0.234 e. The van der Waals surface area contributed by atoms with E-state index < -0.39 is 11.8 Å². The first-order valence-corrected chi connectivity index (χ1v) is 3.26. The summed E-state index contributed by atoms with van der Waals surface area (Å²) in [6.45, 7) is 1.41. The van der Waals surface area contributed by atoms with Gasteiger partial charge >= 0.3 is 0 Å². The SMILES string of the molecule is CC(=O)CCC(C#N)C(N)=O. The summed E-state index contributed by atoms with van der Waals surface area (Å²) in [6, 6.07) is 1.73. The van der Waals surface area contributed by atoms with E-state index >= 15 is 0 Å². The van der Waals surface area contributed by atoms with Crippen LogP contribution >= 0.6 is 0 Å². The van der Waals surface area contributed by atoms with Gasteiger partial charge in [0.2, 0.25) is 5.91 Å². The summed E-state index contributed by atoms with van der Waals surface area (Å²) < 4.78 is 0. The van der Waals surface area contributed by atoms with Gasteiger partial charge in [-0.3, -0.25) is 4.79 Å². The molecule has 1 amide bonds. The van der Waals surface area contributed by atoms with Crippen LogP contribution in [0.2, 0.25) is 0 Å². The van der Waals surface area contributed by atoms with Crippen molar-refractivity contribution in [1.29, 1.82) is 5.26 Å². The molecule has 0 aliphatic heterocycles. The van der Waals surface area contributed by atoms with Gasteiger partial charge in [-0.2, -0.15) is 5.26 Å². The highest BCUT2D eigenvalue weighted by atomic mass is 16.1. The molecule has 0 rings (SSSR count). The zero-order chi connectivity index (χ0) is 8.85. The van der Waals surface area contributed by atoms with Crippen molar-refractivity contribution >= 4 is 11.7 Å². The van der Waals surface area contributed by atoms with Crippen molar-refractivity contribution in [3.63, 3.8) is 0 Å². The summed E-state index contributed by atoms with van der Waals surface area (Å²) >= 11 is 0. The third-order valence-electron chi connectivity index (χ3n) is 1.28. The van der Waals surface area contributed by atoms with E-state index in [-0.39, 0.29) is 18.6 Å². The Morgan fingerprint density at radius 3 is 2.45 bits per heavy atom. The van der Waals surface area contributed by atoms with Gasteiger partial charge in [0.25, 0.3) is 0 Å². The zero-order valence-electron chi connectivity index (χ0n) is 6.33. The van der Waals surface area contributed by atoms with Crippen molar-refractivity contribution in [1.82, 2.24) is 0 Å². The lowest BCUT2D eigenvalue weighted by Crippen LogP contribution is -2.22. The van der Waals surface area contributed by atoms with Crippen LogP contribution in [0.15, 0.2) is 0 Å². The molecule has 0 saturated carbocycles. The van der Waals surface area contributed by atoms with Crippen molar-refractivity contribution in [2.24, 2.45) is 11.7 Å². The highest BCUT2D eigenvalue weighted by Crippen LogP contribution is 2.04. The Bertz CT molecular complexity index is 205. The zero-order valence-corrected chi connectivity index (χ0v) is 6.33. The van der Waals surface area contributed by atoms with Crippen LogP contribution in [0.5, 0.6) is 0 Å². The van der Waals surface area contributed by atoms with Crippen LogP contribution in [-0.4, -0.2) is 11.7 Å². The minimum atomic E-state index is -0.820. The van der Waals surface area contributed by atoms with Crippen molar-refractivity contribution in [3.05, 3.63) is 0 Å². The topological polar surface area (TPSA) is 83.9 Å².